The van der Waals surface area contributed by atoms with Crippen LogP contribution in [0.3, 0.4) is 0 Å². The topological polar surface area (TPSA) is 76.0 Å². The zero-order valence-electron chi connectivity index (χ0n) is 14.3. The summed E-state index contributed by atoms with van der Waals surface area (Å²) in [6.45, 7) is 2.42. The first-order valence-electron chi connectivity index (χ1n) is 8.30. The number of ether oxygens (including phenoxy) is 1. The molecule has 2 heterocycles. The van der Waals surface area contributed by atoms with Crippen LogP contribution in [0.4, 0.5) is 0 Å². The third-order valence-electron chi connectivity index (χ3n) is 4.50. The molecule has 2 saturated heterocycles. The number of methoxy groups -OCH3 is 1. The molecule has 0 aliphatic carbocycles. The number of carbonyl (C=O) groups excluding carboxylic acids is 1. The number of fused-ring (bicyclic) bond motifs is 1. The second kappa shape index (κ2) is 7.37. The highest BCUT2D eigenvalue weighted by Crippen LogP contribution is 2.38. The van der Waals surface area contributed by atoms with Crippen molar-refractivity contribution in [3.8, 4) is 5.75 Å². The van der Waals surface area contributed by atoms with Crippen LogP contribution in [0.25, 0.3) is 0 Å². The van der Waals surface area contributed by atoms with Crippen molar-refractivity contribution in [2.24, 2.45) is 4.99 Å². The maximum absolute atomic E-state index is 12.0. The number of carbonyl (C=O) groups is 1. The summed E-state index contributed by atoms with van der Waals surface area (Å²) in [4.78, 5) is 18.0. The monoisotopic (exact) mass is 382 g/mol. The zero-order valence-corrected chi connectivity index (χ0v) is 16.0. The molecule has 2 unspecified atom stereocenters. The maximum Gasteiger partial charge on any atom is 0.247 e. The number of benzene rings is 1. The number of sulfone groups is 1. The molecule has 25 heavy (non-hydrogen) atoms. The summed E-state index contributed by atoms with van der Waals surface area (Å²) in [6.07, 6.45) is 1.11. The van der Waals surface area contributed by atoms with Gasteiger partial charge in [-0.1, -0.05) is 30.8 Å². The van der Waals surface area contributed by atoms with Gasteiger partial charge in [0, 0.05) is 18.2 Å². The van der Waals surface area contributed by atoms with Gasteiger partial charge in [-0.05, 0) is 24.1 Å². The van der Waals surface area contributed by atoms with Crippen molar-refractivity contribution < 1.29 is 17.9 Å². The fourth-order valence-electron chi connectivity index (χ4n) is 3.12. The van der Waals surface area contributed by atoms with Crippen molar-refractivity contribution in [1.29, 1.82) is 0 Å². The average Bonchev–Trinajstić information content (AvgIpc) is 3.04. The highest BCUT2D eigenvalue weighted by Gasteiger charge is 2.48. The van der Waals surface area contributed by atoms with E-state index in [0.29, 0.717) is 18.1 Å². The molecule has 6 nitrogen and oxygen atoms in total. The molecule has 1 amide bonds. The molecule has 0 bridgehead atoms. The molecule has 0 aromatic heterocycles. The molecule has 2 aliphatic heterocycles. The lowest BCUT2D eigenvalue weighted by Gasteiger charge is -2.24. The molecule has 8 heteroatoms. The number of hydrogen-bond acceptors (Lipinski definition) is 5. The van der Waals surface area contributed by atoms with Gasteiger partial charge in [0.1, 0.15) is 5.75 Å². The van der Waals surface area contributed by atoms with Crippen LogP contribution in [-0.2, 0) is 21.1 Å². The average molecular weight is 383 g/mol. The summed E-state index contributed by atoms with van der Waals surface area (Å²) >= 11 is 1.43. The lowest BCUT2D eigenvalue weighted by atomic mass is 10.1. The second-order valence-corrected chi connectivity index (χ2v) is 9.59. The van der Waals surface area contributed by atoms with Crippen LogP contribution < -0.4 is 4.74 Å². The van der Waals surface area contributed by atoms with Crippen molar-refractivity contribution in [3.63, 3.8) is 0 Å². The Morgan fingerprint density at radius 2 is 2.04 bits per heavy atom. The lowest BCUT2D eigenvalue weighted by molar-refractivity contribution is -0.117. The van der Waals surface area contributed by atoms with Gasteiger partial charge in [-0.3, -0.25) is 4.79 Å². The smallest absolute Gasteiger partial charge is 0.247 e. The van der Waals surface area contributed by atoms with Crippen LogP contribution in [0.5, 0.6) is 5.75 Å². The van der Waals surface area contributed by atoms with E-state index >= 15 is 0 Å². The van der Waals surface area contributed by atoms with Crippen molar-refractivity contribution in [2.45, 2.75) is 31.1 Å². The highest BCUT2D eigenvalue weighted by molar-refractivity contribution is 8.15. The summed E-state index contributed by atoms with van der Waals surface area (Å²) < 4.78 is 29.1. The number of aliphatic imine (C=N–C) groups is 1. The maximum atomic E-state index is 12.0. The Balaban J connectivity index is 1.76. The molecular formula is C17H22N2O4S2. The van der Waals surface area contributed by atoms with Crippen LogP contribution in [0.2, 0.25) is 0 Å². The molecule has 3 rings (SSSR count). The summed E-state index contributed by atoms with van der Waals surface area (Å²) in [5.41, 5.74) is 1.14. The predicted octanol–water partition coefficient (Wildman–Crippen LogP) is 1.74. The minimum Gasteiger partial charge on any atom is -0.497 e. The number of hydrogen-bond donors (Lipinski definition) is 0. The largest absolute Gasteiger partial charge is 0.497 e. The molecule has 2 aliphatic rings. The predicted molar refractivity (Wildman–Crippen MR) is 100.0 cm³/mol. The number of nitrogens with zero attached hydrogens (tertiary/aromatic N) is 2. The third-order valence-corrected chi connectivity index (χ3v) is 7.75. The number of amidine groups is 1. The van der Waals surface area contributed by atoms with Gasteiger partial charge in [-0.2, -0.15) is 4.99 Å². The Bertz CT molecular complexity index is 774. The molecule has 2 fully saturated rings. The molecule has 0 spiro atoms. The minimum absolute atomic E-state index is 0.0238. The second-order valence-electron chi connectivity index (χ2n) is 6.23. The normalized spacial score (nSPS) is 26.0. The van der Waals surface area contributed by atoms with Crippen LogP contribution >= 0.6 is 11.8 Å². The van der Waals surface area contributed by atoms with E-state index in [9.17, 15) is 13.2 Å². The molecule has 0 saturated carbocycles. The van der Waals surface area contributed by atoms with E-state index in [1.54, 1.807) is 14.0 Å². The van der Waals surface area contributed by atoms with Gasteiger partial charge in [0.15, 0.2) is 15.0 Å². The summed E-state index contributed by atoms with van der Waals surface area (Å²) in [5, 5.41) is 0.648. The Labute approximate surface area is 152 Å². The van der Waals surface area contributed by atoms with Crippen molar-refractivity contribution in [2.75, 3.05) is 25.2 Å². The number of rotatable bonds is 5. The molecule has 1 aromatic rings. The first kappa shape index (κ1) is 18.3. The van der Waals surface area contributed by atoms with Gasteiger partial charge in [0.25, 0.3) is 0 Å². The standard InChI is InChI=1S/C17H22N2O4S2/c1-3-16(20)18-17-19(14-10-25(21,22)11-15(14)24-17)9-8-12-4-6-13(23-2)7-5-12/h4-7,14-15H,3,8-11H2,1-2H3. The summed E-state index contributed by atoms with van der Waals surface area (Å²) in [7, 11) is -1.38. The highest BCUT2D eigenvalue weighted by atomic mass is 32.2. The quantitative estimate of drug-likeness (QED) is 0.772. The molecule has 2 atom stereocenters. The van der Waals surface area contributed by atoms with E-state index in [4.69, 9.17) is 4.74 Å². The van der Waals surface area contributed by atoms with Crippen molar-refractivity contribution in [3.05, 3.63) is 29.8 Å². The lowest BCUT2D eigenvalue weighted by Crippen LogP contribution is -2.39. The van der Waals surface area contributed by atoms with E-state index in [1.807, 2.05) is 29.2 Å². The van der Waals surface area contributed by atoms with E-state index in [1.165, 1.54) is 11.8 Å². The van der Waals surface area contributed by atoms with Crippen LogP contribution in [0.1, 0.15) is 18.9 Å². The van der Waals surface area contributed by atoms with E-state index in [2.05, 4.69) is 4.99 Å². The Morgan fingerprint density at radius 3 is 2.68 bits per heavy atom. The van der Waals surface area contributed by atoms with E-state index < -0.39 is 9.84 Å². The Kier molecular flexibility index (Phi) is 5.38. The molecule has 1 aromatic carbocycles. The Hall–Kier alpha value is -1.54. The number of amides is 1. The fraction of sp³-hybridized carbons (Fsp3) is 0.529. The van der Waals surface area contributed by atoms with Crippen LogP contribution in [-0.4, -0.2) is 60.8 Å². The Morgan fingerprint density at radius 1 is 1.32 bits per heavy atom. The fourth-order valence-corrected chi connectivity index (χ4v) is 7.12. The van der Waals surface area contributed by atoms with Crippen molar-refractivity contribution in [1.82, 2.24) is 4.90 Å². The van der Waals surface area contributed by atoms with Gasteiger partial charge in [-0.15, -0.1) is 0 Å². The summed E-state index contributed by atoms with van der Waals surface area (Å²) in [6, 6.07) is 7.73. The van der Waals surface area contributed by atoms with Gasteiger partial charge in [-0.25, -0.2) is 8.42 Å². The van der Waals surface area contributed by atoms with E-state index in [0.717, 1.165) is 17.7 Å². The molecule has 0 radical (unpaired) electrons. The van der Waals surface area contributed by atoms with Gasteiger partial charge in [0.05, 0.1) is 24.7 Å². The SMILES string of the molecule is CCC(=O)N=C1SC2CS(=O)(=O)CC2N1CCc1ccc(OC)cc1. The molecule has 136 valence electrons. The van der Waals surface area contributed by atoms with Crippen LogP contribution in [0.15, 0.2) is 29.3 Å². The minimum atomic E-state index is -3.01. The van der Waals surface area contributed by atoms with Gasteiger partial charge < -0.3 is 9.64 Å². The molecule has 0 N–H and O–H groups in total. The zero-order chi connectivity index (χ0) is 18.0. The first-order valence-corrected chi connectivity index (χ1v) is 11.0. The first-order chi connectivity index (χ1) is 11.9. The van der Waals surface area contributed by atoms with Crippen molar-refractivity contribution >= 4 is 32.7 Å². The number of thioether (sulfide) groups is 1. The van der Waals surface area contributed by atoms with Crippen LogP contribution in [0, 0.1) is 0 Å². The summed E-state index contributed by atoms with van der Waals surface area (Å²) in [5.74, 6) is 0.950. The molecular weight excluding hydrogens is 360 g/mol. The van der Waals surface area contributed by atoms with E-state index in [-0.39, 0.29) is 28.7 Å². The van der Waals surface area contributed by atoms with Gasteiger partial charge >= 0.3 is 0 Å². The van der Waals surface area contributed by atoms with Gasteiger partial charge in [0.2, 0.25) is 5.91 Å². The third kappa shape index (κ3) is 4.17.